The zero-order valence-electron chi connectivity index (χ0n) is 11.8. The number of aliphatic carboxylic acids is 1. The largest absolute Gasteiger partial charge is 0.480 e. The number of nitrogens with one attached hydrogen (secondary N) is 1. The molecular formula is C14H24N2O3. The van der Waals surface area contributed by atoms with Crippen molar-refractivity contribution in [3.63, 3.8) is 0 Å². The Morgan fingerprint density at radius 1 is 1.16 bits per heavy atom. The smallest absolute Gasteiger partial charge is 0.324 e. The molecule has 2 aliphatic rings. The number of rotatable bonds is 4. The molecule has 0 aromatic carbocycles. The van der Waals surface area contributed by atoms with Crippen LogP contribution in [-0.4, -0.2) is 47.6 Å². The predicted molar refractivity (Wildman–Crippen MR) is 71.8 cm³/mol. The highest BCUT2D eigenvalue weighted by Gasteiger charge is 2.45. The fourth-order valence-corrected chi connectivity index (χ4v) is 3.08. The van der Waals surface area contributed by atoms with E-state index in [1.165, 1.54) is 6.42 Å². The van der Waals surface area contributed by atoms with Gasteiger partial charge in [-0.3, -0.25) is 14.5 Å². The summed E-state index contributed by atoms with van der Waals surface area (Å²) in [5.74, 6) is -0.647. The van der Waals surface area contributed by atoms with Gasteiger partial charge in [-0.2, -0.15) is 0 Å². The van der Waals surface area contributed by atoms with E-state index in [9.17, 15) is 14.7 Å². The maximum Gasteiger partial charge on any atom is 0.324 e. The van der Waals surface area contributed by atoms with Crippen molar-refractivity contribution in [3.8, 4) is 0 Å². The van der Waals surface area contributed by atoms with Crippen LogP contribution in [0, 0.1) is 5.92 Å². The van der Waals surface area contributed by atoms with Gasteiger partial charge in [-0.1, -0.05) is 0 Å². The molecule has 108 valence electrons. The second-order valence-electron chi connectivity index (χ2n) is 6.14. The Hall–Kier alpha value is -1.10. The standard InChI is InChI=1S/C14H24N2O3/c1-16(2)14(13(18)19)8-6-10(7-9-14)12(17)15-11-4-3-5-11/h10-11H,3-9H2,1-2H3,(H,15,17)(H,18,19). The average Bonchev–Trinajstić information content (AvgIpc) is 2.33. The van der Waals surface area contributed by atoms with E-state index in [0.717, 1.165) is 12.8 Å². The Kier molecular flexibility index (Phi) is 4.13. The molecule has 0 atom stereocenters. The van der Waals surface area contributed by atoms with Crippen LogP contribution in [0.3, 0.4) is 0 Å². The third kappa shape index (κ3) is 2.76. The molecule has 1 amide bonds. The first-order valence-electron chi connectivity index (χ1n) is 7.17. The fourth-order valence-electron chi connectivity index (χ4n) is 3.08. The average molecular weight is 268 g/mol. The molecule has 0 aliphatic heterocycles. The molecule has 0 aromatic heterocycles. The summed E-state index contributed by atoms with van der Waals surface area (Å²) in [4.78, 5) is 25.4. The first kappa shape index (κ1) is 14.3. The van der Waals surface area contributed by atoms with Crippen LogP contribution >= 0.6 is 0 Å². The van der Waals surface area contributed by atoms with Crippen molar-refractivity contribution in [2.45, 2.75) is 56.5 Å². The Bertz CT molecular complexity index is 356. The number of likely N-dealkylation sites (N-methyl/N-ethyl adjacent to an activating group) is 1. The van der Waals surface area contributed by atoms with E-state index in [1.54, 1.807) is 4.90 Å². The molecule has 0 aromatic rings. The number of carboxylic acid groups (broad SMARTS) is 1. The summed E-state index contributed by atoms with van der Waals surface area (Å²) in [6, 6.07) is 0.368. The van der Waals surface area contributed by atoms with E-state index in [-0.39, 0.29) is 11.8 Å². The Morgan fingerprint density at radius 3 is 2.11 bits per heavy atom. The van der Waals surface area contributed by atoms with Crippen LogP contribution in [-0.2, 0) is 9.59 Å². The van der Waals surface area contributed by atoms with Gasteiger partial charge in [0.05, 0.1) is 0 Å². The highest BCUT2D eigenvalue weighted by molar-refractivity contribution is 5.82. The lowest BCUT2D eigenvalue weighted by molar-refractivity contribution is -0.154. The van der Waals surface area contributed by atoms with E-state index in [4.69, 9.17) is 0 Å². The van der Waals surface area contributed by atoms with E-state index < -0.39 is 11.5 Å². The van der Waals surface area contributed by atoms with Gasteiger partial charge in [0.1, 0.15) is 5.54 Å². The van der Waals surface area contributed by atoms with Crippen LogP contribution in [0.25, 0.3) is 0 Å². The van der Waals surface area contributed by atoms with Gasteiger partial charge in [-0.25, -0.2) is 0 Å². The van der Waals surface area contributed by atoms with Gasteiger partial charge in [0.25, 0.3) is 0 Å². The highest BCUT2D eigenvalue weighted by atomic mass is 16.4. The van der Waals surface area contributed by atoms with Crippen LogP contribution in [0.2, 0.25) is 0 Å². The van der Waals surface area contributed by atoms with Crippen LogP contribution in [0.1, 0.15) is 44.9 Å². The molecule has 0 spiro atoms. The summed E-state index contributed by atoms with van der Waals surface area (Å²) in [5.41, 5.74) is -0.784. The molecule has 0 bridgehead atoms. The molecule has 5 heteroatoms. The first-order valence-corrected chi connectivity index (χ1v) is 7.17. The van der Waals surface area contributed by atoms with Crippen LogP contribution in [0.15, 0.2) is 0 Å². The van der Waals surface area contributed by atoms with Crippen molar-refractivity contribution in [2.24, 2.45) is 5.92 Å². The summed E-state index contributed by atoms with van der Waals surface area (Å²) in [6.45, 7) is 0. The number of carbonyl (C=O) groups is 2. The number of carboxylic acids is 1. The maximum atomic E-state index is 12.1. The van der Waals surface area contributed by atoms with Crippen molar-refractivity contribution in [3.05, 3.63) is 0 Å². The molecule has 19 heavy (non-hydrogen) atoms. The molecule has 2 fully saturated rings. The third-order valence-corrected chi connectivity index (χ3v) is 4.89. The minimum Gasteiger partial charge on any atom is -0.480 e. The van der Waals surface area contributed by atoms with Gasteiger partial charge < -0.3 is 10.4 Å². The molecule has 2 rings (SSSR count). The summed E-state index contributed by atoms with van der Waals surface area (Å²) in [5, 5.41) is 12.5. The summed E-state index contributed by atoms with van der Waals surface area (Å²) in [7, 11) is 3.62. The zero-order valence-corrected chi connectivity index (χ0v) is 11.8. The minimum absolute atomic E-state index is 0.00646. The van der Waals surface area contributed by atoms with Gasteiger partial charge in [-0.05, 0) is 59.0 Å². The quantitative estimate of drug-likeness (QED) is 0.804. The number of hydrogen-bond donors (Lipinski definition) is 2. The van der Waals surface area contributed by atoms with Gasteiger partial charge in [-0.15, -0.1) is 0 Å². The van der Waals surface area contributed by atoms with E-state index >= 15 is 0 Å². The molecule has 2 aliphatic carbocycles. The number of nitrogens with zero attached hydrogens (tertiary/aromatic N) is 1. The highest BCUT2D eigenvalue weighted by Crippen LogP contribution is 2.36. The van der Waals surface area contributed by atoms with Crippen molar-refractivity contribution < 1.29 is 14.7 Å². The van der Waals surface area contributed by atoms with Crippen LogP contribution < -0.4 is 5.32 Å². The van der Waals surface area contributed by atoms with Crippen molar-refractivity contribution in [2.75, 3.05) is 14.1 Å². The van der Waals surface area contributed by atoms with E-state index in [2.05, 4.69) is 5.32 Å². The molecule has 2 N–H and O–H groups in total. The van der Waals surface area contributed by atoms with E-state index in [0.29, 0.717) is 31.7 Å². The second kappa shape index (κ2) is 5.49. The molecule has 2 saturated carbocycles. The van der Waals surface area contributed by atoms with Gasteiger partial charge >= 0.3 is 5.97 Å². The van der Waals surface area contributed by atoms with Gasteiger partial charge in [0.15, 0.2) is 0 Å². The third-order valence-electron chi connectivity index (χ3n) is 4.89. The second-order valence-corrected chi connectivity index (χ2v) is 6.14. The van der Waals surface area contributed by atoms with E-state index in [1.807, 2.05) is 14.1 Å². The molecule has 0 heterocycles. The molecule has 5 nitrogen and oxygen atoms in total. The lowest BCUT2D eigenvalue weighted by Crippen LogP contribution is -2.54. The Morgan fingerprint density at radius 2 is 1.74 bits per heavy atom. The van der Waals surface area contributed by atoms with Crippen molar-refractivity contribution in [1.82, 2.24) is 10.2 Å². The minimum atomic E-state index is -0.784. The lowest BCUT2D eigenvalue weighted by Gasteiger charge is -2.41. The SMILES string of the molecule is CN(C)C1(C(=O)O)CCC(C(=O)NC2CCC2)CC1. The number of carbonyl (C=O) groups excluding carboxylic acids is 1. The number of amides is 1. The Labute approximate surface area is 114 Å². The topological polar surface area (TPSA) is 69.6 Å². The van der Waals surface area contributed by atoms with Gasteiger partial charge in [0, 0.05) is 12.0 Å². The fraction of sp³-hybridized carbons (Fsp3) is 0.857. The molecular weight excluding hydrogens is 244 g/mol. The first-order chi connectivity index (χ1) is 8.95. The molecule has 0 saturated heterocycles. The van der Waals surface area contributed by atoms with Crippen LogP contribution in [0.5, 0.6) is 0 Å². The lowest BCUT2D eigenvalue weighted by atomic mass is 9.75. The van der Waals surface area contributed by atoms with Crippen LogP contribution in [0.4, 0.5) is 0 Å². The zero-order chi connectivity index (χ0) is 14.0. The number of hydrogen-bond acceptors (Lipinski definition) is 3. The normalized spacial score (nSPS) is 31.8. The molecule has 0 unspecified atom stereocenters. The summed E-state index contributed by atoms with van der Waals surface area (Å²) in [6.07, 6.45) is 5.84. The monoisotopic (exact) mass is 268 g/mol. The molecule has 0 radical (unpaired) electrons. The van der Waals surface area contributed by atoms with Crippen molar-refractivity contribution in [1.29, 1.82) is 0 Å². The summed E-state index contributed by atoms with van der Waals surface area (Å²) < 4.78 is 0. The van der Waals surface area contributed by atoms with Gasteiger partial charge in [0.2, 0.25) is 5.91 Å². The Balaban J connectivity index is 1.90. The maximum absolute atomic E-state index is 12.1. The van der Waals surface area contributed by atoms with Crippen molar-refractivity contribution >= 4 is 11.9 Å². The predicted octanol–water partition coefficient (Wildman–Crippen LogP) is 1.23. The summed E-state index contributed by atoms with van der Waals surface area (Å²) >= 11 is 0.